The quantitative estimate of drug-likeness (QED) is 0.789. The van der Waals surface area contributed by atoms with Crippen LogP contribution in [0.15, 0.2) is 60.7 Å². The molecule has 3 rings (SSSR count). The van der Waals surface area contributed by atoms with E-state index in [1.54, 1.807) is 18.2 Å². The highest BCUT2D eigenvalue weighted by molar-refractivity contribution is 5.90. The third-order valence-corrected chi connectivity index (χ3v) is 4.13. The molecule has 0 N–H and O–H groups in total. The first-order valence-electron chi connectivity index (χ1n) is 8.10. The minimum Gasteiger partial charge on any atom is -0.467 e. The average Bonchev–Trinajstić information content (AvgIpc) is 3.12. The van der Waals surface area contributed by atoms with Crippen LogP contribution in [-0.2, 0) is 20.9 Å². The largest absolute Gasteiger partial charge is 0.467 e. The maximum Gasteiger partial charge on any atom is 0.411 e. The number of methoxy groups -OCH3 is 1. The summed E-state index contributed by atoms with van der Waals surface area (Å²) in [4.78, 5) is 25.8. The fourth-order valence-corrected chi connectivity index (χ4v) is 2.76. The van der Waals surface area contributed by atoms with Gasteiger partial charge < -0.3 is 9.47 Å². The molecule has 26 heavy (non-hydrogen) atoms. The van der Waals surface area contributed by atoms with Crippen molar-refractivity contribution in [2.75, 3.05) is 13.7 Å². The summed E-state index contributed by atoms with van der Waals surface area (Å²) >= 11 is 0. The number of nitrogens with zero attached hydrogens (tertiary/aromatic N) is 1. The van der Waals surface area contributed by atoms with Crippen molar-refractivity contribution in [3.05, 3.63) is 77.6 Å². The van der Waals surface area contributed by atoms with E-state index in [1.807, 2.05) is 30.3 Å². The zero-order valence-electron chi connectivity index (χ0n) is 14.2. The Morgan fingerprint density at radius 1 is 1.12 bits per heavy atom. The maximum atomic E-state index is 13.1. The van der Waals surface area contributed by atoms with Gasteiger partial charge in [-0.2, -0.15) is 0 Å². The van der Waals surface area contributed by atoms with E-state index >= 15 is 0 Å². The second-order valence-electron chi connectivity index (χ2n) is 5.83. The van der Waals surface area contributed by atoms with Crippen LogP contribution in [0.5, 0.6) is 0 Å². The van der Waals surface area contributed by atoms with Gasteiger partial charge in [0.15, 0.2) is 6.04 Å². The summed E-state index contributed by atoms with van der Waals surface area (Å²) in [7, 11) is 1.26. The van der Waals surface area contributed by atoms with Crippen LogP contribution >= 0.6 is 0 Å². The summed E-state index contributed by atoms with van der Waals surface area (Å²) in [5, 5.41) is 0. The molecule has 1 aliphatic heterocycles. The van der Waals surface area contributed by atoms with Crippen LogP contribution in [0.3, 0.4) is 0 Å². The molecule has 1 atom stereocenters. The first-order valence-corrected chi connectivity index (χ1v) is 8.10. The highest BCUT2D eigenvalue weighted by atomic mass is 19.1. The van der Waals surface area contributed by atoms with Gasteiger partial charge in [0.1, 0.15) is 12.4 Å². The molecule has 0 spiro atoms. The fraction of sp³-hybridized carbons (Fsp3) is 0.200. The number of halogens is 1. The van der Waals surface area contributed by atoms with E-state index in [2.05, 4.69) is 0 Å². The lowest BCUT2D eigenvalue weighted by molar-refractivity contribution is -0.144. The molecule has 1 aliphatic rings. The molecule has 0 aromatic heterocycles. The molecule has 1 heterocycles. The summed E-state index contributed by atoms with van der Waals surface area (Å²) in [5.41, 5.74) is 2.32. The Bertz CT molecular complexity index is 817. The van der Waals surface area contributed by atoms with Crippen LogP contribution in [0.25, 0.3) is 5.57 Å². The Balaban J connectivity index is 1.74. The van der Waals surface area contributed by atoms with E-state index in [0.29, 0.717) is 0 Å². The number of hydrogen-bond donors (Lipinski definition) is 0. The van der Waals surface area contributed by atoms with E-state index < -0.39 is 18.1 Å². The molecule has 0 unspecified atom stereocenters. The van der Waals surface area contributed by atoms with Crippen molar-refractivity contribution in [3.8, 4) is 0 Å². The lowest BCUT2D eigenvalue weighted by Gasteiger charge is -2.22. The van der Waals surface area contributed by atoms with Gasteiger partial charge in [0.2, 0.25) is 0 Å². The van der Waals surface area contributed by atoms with E-state index in [1.165, 1.54) is 24.1 Å². The number of ether oxygens (including phenoxy) is 2. The Kier molecular flexibility index (Phi) is 5.31. The van der Waals surface area contributed by atoms with Gasteiger partial charge in [-0.3, -0.25) is 4.90 Å². The van der Waals surface area contributed by atoms with Crippen LogP contribution in [0, 0.1) is 5.82 Å². The molecule has 0 saturated heterocycles. The van der Waals surface area contributed by atoms with Crippen molar-refractivity contribution in [3.63, 3.8) is 0 Å². The molecule has 6 heteroatoms. The number of amides is 1. The lowest BCUT2D eigenvalue weighted by atomic mass is 10.1. The smallest absolute Gasteiger partial charge is 0.411 e. The van der Waals surface area contributed by atoms with E-state index in [-0.39, 0.29) is 19.0 Å². The minimum atomic E-state index is -0.872. The van der Waals surface area contributed by atoms with Crippen molar-refractivity contribution >= 4 is 17.6 Å². The SMILES string of the molecule is COC(=O)[C@@H]1C=C(c2ccc(F)cc2)CN1C(=O)OCc1ccccc1. The van der Waals surface area contributed by atoms with E-state index in [0.717, 1.165) is 16.7 Å². The predicted molar refractivity (Wildman–Crippen MR) is 93.5 cm³/mol. The van der Waals surface area contributed by atoms with Crippen LogP contribution in [0.4, 0.5) is 9.18 Å². The predicted octanol–water partition coefficient (Wildman–Crippen LogP) is 3.40. The first kappa shape index (κ1) is 17.7. The molecule has 1 amide bonds. The van der Waals surface area contributed by atoms with Gasteiger partial charge in [0.25, 0.3) is 0 Å². The molecule has 134 valence electrons. The zero-order valence-corrected chi connectivity index (χ0v) is 14.2. The third-order valence-electron chi connectivity index (χ3n) is 4.13. The van der Waals surface area contributed by atoms with Crippen molar-refractivity contribution in [2.24, 2.45) is 0 Å². The fourth-order valence-electron chi connectivity index (χ4n) is 2.76. The second-order valence-corrected chi connectivity index (χ2v) is 5.83. The van der Waals surface area contributed by atoms with Crippen LogP contribution in [-0.4, -0.2) is 36.7 Å². The number of rotatable bonds is 4. The molecule has 0 bridgehead atoms. The number of esters is 1. The highest BCUT2D eigenvalue weighted by Crippen LogP contribution is 2.27. The third kappa shape index (κ3) is 3.91. The van der Waals surface area contributed by atoms with Gasteiger partial charge in [-0.25, -0.2) is 14.0 Å². The average molecular weight is 355 g/mol. The molecule has 0 aliphatic carbocycles. The van der Waals surface area contributed by atoms with Gasteiger partial charge >= 0.3 is 12.1 Å². The monoisotopic (exact) mass is 355 g/mol. The first-order chi connectivity index (χ1) is 12.6. The number of carbonyl (C=O) groups is 2. The normalized spacial score (nSPS) is 16.2. The Hall–Kier alpha value is -3.15. The molecule has 0 radical (unpaired) electrons. The summed E-state index contributed by atoms with van der Waals surface area (Å²) in [5.74, 6) is -0.908. The molecule has 5 nitrogen and oxygen atoms in total. The van der Waals surface area contributed by atoms with Gasteiger partial charge in [0.05, 0.1) is 13.7 Å². The Morgan fingerprint density at radius 3 is 2.46 bits per heavy atom. The molecular formula is C20H18FNO4. The van der Waals surface area contributed by atoms with Gasteiger partial charge in [-0.05, 0) is 34.9 Å². The van der Waals surface area contributed by atoms with Crippen molar-refractivity contribution in [2.45, 2.75) is 12.6 Å². The van der Waals surface area contributed by atoms with E-state index in [9.17, 15) is 14.0 Å². The second kappa shape index (κ2) is 7.82. The Morgan fingerprint density at radius 2 is 1.81 bits per heavy atom. The maximum absolute atomic E-state index is 13.1. The molecular weight excluding hydrogens is 337 g/mol. The van der Waals surface area contributed by atoms with Crippen LogP contribution < -0.4 is 0 Å². The van der Waals surface area contributed by atoms with Crippen LogP contribution in [0.2, 0.25) is 0 Å². The highest BCUT2D eigenvalue weighted by Gasteiger charge is 2.36. The number of hydrogen-bond acceptors (Lipinski definition) is 4. The topological polar surface area (TPSA) is 55.8 Å². The zero-order chi connectivity index (χ0) is 18.5. The molecule has 0 saturated carbocycles. The Labute approximate surface area is 150 Å². The van der Waals surface area contributed by atoms with Crippen LogP contribution in [0.1, 0.15) is 11.1 Å². The molecule has 2 aromatic carbocycles. The van der Waals surface area contributed by atoms with Gasteiger partial charge in [-0.1, -0.05) is 42.5 Å². The summed E-state index contributed by atoms with van der Waals surface area (Å²) < 4.78 is 23.2. The summed E-state index contributed by atoms with van der Waals surface area (Å²) in [6.45, 7) is 0.287. The summed E-state index contributed by atoms with van der Waals surface area (Å²) in [6, 6.07) is 14.3. The minimum absolute atomic E-state index is 0.107. The van der Waals surface area contributed by atoms with Gasteiger partial charge in [0, 0.05) is 0 Å². The van der Waals surface area contributed by atoms with Crippen molar-refractivity contribution in [1.29, 1.82) is 0 Å². The van der Waals surface area contributed by atoms with E-state index in [4.69, 9.17) is 9.47 Å². The molecule has 2 aromatic rings. The van der Waals surface area contributed by atoms with Crippen molar-refractivity contribution in [1.82, 2.24) is 4.90 Å². The van der Waals surface area contributed by atoms with Gasteiger partial charge in [-0.15, -0.1) is 0 Å². The summed E-state index contributed by atoms with van der Waals surface area (Å²) in [6.07, 6.45) is 1.03. The standard InChI is InChI=1S/C20H18FNO4/c1-25-19(23)18-11-16(15-7-9-17(21)10-8-15)12-22(18)20(24)26-13-14-5-3-2-4-6-14/h2-11,18H,12-13H2,1H3/t18-/m0/s1. The molecule has 0 fully saturated rings. The number of carbonyl (C=O) groups excluding carboxylic acids is 2. The lowest BCUT2D eigenvalue weighted by Crippen LogP contribution is -2.41. The van der Waals surface area contributed by atoms with Crippen molar-refractivity contribution < 1.29 is 23.5 Å². The number of benzene rings is 2.